The van der Waals surface area contributed by atoms with Gasteiger partial charge in [-0.2, -0.15) is 0 Å². The Morgan fingerprint density at radius 3 is 3.00 bits per heavy atom. The molecule has 0 saturated carbocycles. The Morgan fingerprint density at radius 1 is 1.40 bits per heavy atom. The fraction of sp³-hybridized carbons (Fsp3) is 0.375. The van der Waals surface area contributed by atoms with Gasteiger partial charge in [0.15, 0.2) is 10.8 Å². The maximum absolute atomic E-state index is 12.2. The molecule has 0 unspecified atom stereocenters. The molecule has 1 amide bonds. The van der Waals surface area contributed by atoms with Crippen molar-refractivity contribution in [3.63, 3.8) is 0 Å². The number of aryl methyl sites for hydroxylation is 2. The minimum atomic E-state index is -0.294. The summed E-state index contributed by atoms with van der Waals surface area (Å²) in [7, 11) is 0. The van der Waals surface area contributed by atoms with Gasteiger partial charge in [0.2, 0.25) is 0 Å². The number of aromatic nitrogens is 3. The summed E-state index contributed by atoms with van der Waals surface area (Å²) in [4.78, 5) is 24.8. The second-order valence-electron chi connectivity index (χ2n) is 5.98. The van der Waals surface area contributed by atoms with Crippen molar-refractivity contribution in [2.24, 2.45) is 0 Å². The van der Waals surface area contributed by atoms with Gasteiger partial charge in [0.1, 0.15) is 5.76 Å². The van der Waals surface area contributed by atoms with Crippen molar-refractivity contribution in [3.8, 4) is 0 Å². The van der Waals surface area contributed by atoms with Gasteiger partial charge >= 0.3 is 0 Å². The number of carbonyl (C=O) groups is 1. The molecule has 0 fully saturated rings. The Morgan fingerprint density at radius 2 is 2.28 bits per heavy atom. The Bertz CT molecular complexity index is 913. The maximum atomic E-state index is 12.2. The van der Waals surface area contributed by atoms with Crippen LogP contribution < -0.4 is 5.32 Å². The van der Waals surface area contributed by atoms with E-state index < -0.39 is 0 Å². The smallest absolute Gasteiger partial charge is 0.279 e. The third-order valence-electron chi connectivity index (χ3n) is 3.94. The van der Waals surface area contributed by atoms with Crippen molar-refractivity contribution >= 4 is 33.7 Å². The predicted molar refractivity (Wildman–Crippen MR) is 96.0 cm³/mol. The van der Waals surface area contributed by atoms with E-state index in [1.165, 1.54) is 16.2 Å². The number of rotatable bonds is 4. The van der Waals surface area contributed by atoms with Gasteiger partial charge in [-0.15, -0.1) is 22.7 Å². The van der Waals surface area contributed by atoms with Gasteiger partial charge < -0.3 is 4.52 Å². The Kier molecular flexibility index (Phi) is 4.36. The molecule has 0 aromatic carbocycles. The van der Waals surface area contributed by atoms with Crippen LogP contribution in [0.3, 0.4) is 0 Å². The quantitative estimate of drug-likeness (QED) is 0.755. The number of carbonyl (C=O) groups excluding carboxylic acids is 1. The zero-order chi connectivity index (χ0) is 17.4. The van der Waals surface area contributed by atoms with Gasteiger partial charge in [-0.1, -0.05) is 5.16 Å². The lowest BCUT2D eigenvalue weighted by Crippen LogP contribution is -2.29. The average Bonchev–Trinajstić information content (AvgIpc) is 3.27. The molecule has 25 heavy (non-hydrogen) atoms. The monoisotopic (exact) mass is 375 g/mol. The summed E-state index contributed by atoms with van der Waals surface area (Å²) in [5, 5.41) is 10.4. The summed E-state index contributed by atoms with van der Waals surface area (Å²) < 4.78 is 4.94. The van der Waals surface area contributed by atoms with Crippen molar-refractivity contribution in [3.05, 3.63) is 44.2 Å². The first-order valence-electron chi connectivity index (χ1n) is 7.93. The third kappa shape index (κ3) is 3.63. The average molecular weight is 375 g/mol. The molecule has 0 bridgehead atoms. The number of hydrogen-bond donors (Lipinski definition) is 1. The summed E-state index contributed by atoms with van der Waals surface area (Å²) >= 11 is 3.20. The highest BCUT2D eigenvalue weighted by molar-refractivity contribution is 7.15. The van der Waals surface area contributed by atoms with Crippen LogP contribution in [0.5, 0.6) is 0 Å². The van der Waals surface area contributed by atoms with E-state index in [4.69, 9.17) is 4.52 Å². The number of amides is 1. The second kappa shape index (κ2) is 6.66. The molecule has 130 valence electrons. The summed E-state index contributed by atoms with van der Waals surface area (Å²) in [6.07, 6.45) is 0.883. The van der Waals surface area contributed by atoms with E-state index in [1.807, 2.05) is 6.92 Å². The van der Waals surface area contributed by atoms with Crippen LogP contribution in [0.2, 0.25) is 0 Å². The molecule has 4 heterocycles. The van der Waals surface area contributed by atoms with Crippen LogP contribution in [0.25, 0.3) is 0 Å². The Labute approximate surface area is 152 Å². The maximum Gasteiger partial charge on any atom is 0.279 e. The van der Waals surface area contributed by atoms with Crippen LogP contribution in [-0.4, -0.2) is 32.5 Å². The summed E-state index contributed by atoms with van der Waals surface area (Å²) in [5.41, 5.74) is 2.46. The number of thiazole rings is 2. The van der Waals surface area contributed by atoms with Crippen LogP contribution in [0.1, 0.15) is 37.5 Å². The second-order valence-corrected chi connectivity index (χ2v) is 8.13. The highest BCUT2D eigenvalue weighted by atomic mass is 32.1. The van der Waals surface area contributed by atoms with Crippen LogP contribution in [-0.2, 0) is 19.5 Å². The van der Waals surface area contributed by atoms with Crippen LogP contribution >= 0.6 is 22.7 Å². The molecule has 1 aliphatic heterocycles. The minimum Gasteiger partial charge on any atom is -0.361 e. The fourth-order valence-electron chi connectivity index (χ4n) is 2.78. The molecule has 0 radical (unpaired) electrons. The molecule has 0 spiro atoms. The van der Waals surface area contributed by atoms with E-state index in [1.54, 1.807) is 24.3 Å². The molecule has 3 aromatic heterocycles. The number of hydrogen-bond acceptors (Lipinski definition) is 8. The zero-order valence-electron chi connectivity index (χ0n) is 13.9. The molecule has 7 nitrogen and oxygen atoms in total. The molecule has 0 saturated heterocycles. The molecular formula is C16H17N5O2S2. The fourth-order valence-corrected chi connectivity index (χ4v) is 4.43. The molecule has 3 aromatic rings. The number of fused-ring (bicyclic) bond motifs is 1. The molecule has 1 aliphatic rings. The van der Waals surface area contributed by atoms with Crippen molar-refractivity contribution < 1.29 is 9.32 Å². The van der Waals surface area contributed by atoms with Gasteiger partial charge in [-0.3, -0.25) is 15.0 Å². The zero-order valence-corrected chi connectivity index (χ0v) is 15.5. The van der Waals surface area contributed by atoms with E-state index in [9.17, 15) is 4.79 Å². The van der Waals surface area contributed by atoms with Crippen molar-refractivity contribution in [1.29, 1.82) is 0 Å². The lowest BCUT2D eigenvalue weighted by Gasteiger charge is -2.24. The van der Waals surface area contributed by atoms with Crippen molar-refractivity contribution in [2.75, 3.05) is 11.9 Å². The van der Waals surface area contributed by atoms with Gasteiger partial charge in [0, 0.05) is 42.4 Å². The van der Waals surface area contributed by atoms with E-state index in [2.05, 4.69) is 30.7 Å². The number of nitrogens with zero attached hydrogens (tertiary/aromatic N) is 4. The van der Waals surface area contributed by atoms with Crippen molar-refractivity contribution in [1.82, 2.24) is 20.0 Å². The molecule has 0 aliphatic carbocycles. The van der Waals surface area contributed by atoms with Gasteiger partial charge in [0.25, 0.3) is 5.91 Å². The summed E-state index contributed by atoms with van der Waals surface area (Å²) in [5.74, 6) is 0.314. The third-order valence-corrected chi connectivity index (χ3v) is 5.76. The Balaban J connectivity index is 1.42. The highest BCUT2D eigenvalue weighted by Crippen LogP contribution is 2.29. The number of nitrogens with one attached hydrogen (secondary N) is 1. The number of anilines is 1. The lowest BCUT2D eigenvalue weighted by atomic mass is 10.2. The molecule has 1 N–H and O–H groups in total. The summed E-state index contributed by atoms with van der Waals surface area (Å²) in [6.45, 7) is 6.41. The largest absolute Gasteiger partial charge is 0.361 e. The first-order valence-corrected chi connectivity index (χ1v) is 9.63. The predicted octanol–water partition coefficient (Wildman–Crippen LogP) is 3.02. The van der Waals surface area contributed by atoms with E-state index in [0.29, 0.717) is 10.9 Å². The highest BCUT2D eigenvalue weighted by Gasteiger charge is 2.22. The minimum absolute atomic E-state index is 0.270. The summed E-state index contributed by atoms with van der Waals surface area (Å²) in [6, 6.07) is 1.61. The first kappa shape index (κ1) is 16.4. The van der Waals surface area contributed by atoms with E-state index >= 15 is 0 Å². The van der Waals surface area contributed by atoms with Crippen LogP contribution in [0, 0.1) is 13.8 Å². The van der Waals surface area contributed by atoms with Crippen LogP contribution in [0.4, 0.5) is 5.13 Å². The van der Waals surface area contributed by atoms with Crippen LogP contribution in [0.15, 0.2) is 16.0 Å². The lowest BCUT2D eigenvalue weighted by molar-refractivity contribution is 0.101. The van der Waals surface area contributed by atoms with E-state index in [0.717, 1.165) is 42.5 Å². The first-order chi connectivity index (χ1) is 12.1. The van der Waals surface area contributed by atoms with Gasteiger partial charge in [0.05, 0.1) is 16.4 Å². The normalized spacial score (nSPS) is 14.5. The molecule has 0 atom stereocenters. The standard InChI is InChI=1S/C16H17N5O2S2/c1-9-5-13(20-23-9)15(22)19-16-18-12-3-4-21(7-14(12)25-16)6-11-8-24-10(2)17-11/h5,8H,3-4,6-7H2,1-2H3,(H,18,19,22). The van der Waals surface area contributed by atoms with Gasteiger partial charge in [-0.25, -0.2) is 9.97 Å². The van der Waals surface area contributed by atoms with Crippen molar-refractivity contribution in [2.45, 2.75) is 33.4 Å². The van der Waals surface area contributed by atoms with Gasteiger partial charge in [-0.05, 0) is 13.8 Å². The Hall–Kier alpha value is -2.10. The SMILES string of the molecule is Cc1cc(C(=O)Nc2nc3c(s2)CN(Cc2csc(C)n2)CC3)no1. The molecule has 4 rings (SSSR count). The molecule has 9 heteroatoms. The topological polar surface area (TPSA) is 84.2 Å². The molecular weight excluding hydrogens is 358 g/mol. The van der Waals surface area contributed by atoms with E-state index in [-0.39, 0.29) is 11.6 Å².